The number of benzene rings is 1. The highest BCUT2D eigenvalue weighted by molar-refractivity contribution is 7.85. The van der Waals surface area contributed by atoms with Crippen LogP contribution in [0.5, 0.6) is 0 Å². The summed E-state index contributed by atoms with van der Waals surface area (Å²) in [6.07, 6.45) is -2.93. The number of anilines is 3. The lowest BCUT2D eigenvalue weighted by Crippen LogP contribution is -2.17. The summed E-state index contributed by atoms with van der Waals surface area (Å²) in [7, 11) is -4.32. The number of hydrazine groups is 1. The molecule has 1 aromatic heterocycles. The minimum absolute atomic E-state index is 0.0762. The fourth-order valence-corrected chi connectivity index (χ4v) is 2.46. The largest absolute Gasteiger partial charge is 0.433 e. The van der Waals surface area contributed by atoms with Crippen LogP contribution in [-0.2, 0) is 16.3 Å². The van der Waals surface area contributed by atoms with E-state index in [0.29, 0.717) is 5.69 Å². The monoisotopic (exact) mass is 389 g/mol. The Morgan fingerprint density at radius 2 is 1.73 bits per heavy atom. The zero-order chi connectivity index (χ0) is 18.9. The molecule has 26 heavy (non-hydrogen) atoms. The van der Waals surface area contributed by atoms with Crippen LogP contribution in [0.2, 0.25) is 0 Å². The quantitative estimate of drug-likeness (QED) is 0.440. The number of rotatable bonds is 6. The lowest BCUT2D eigenvalue weighted by Gasteiger charge is -2.13. The Morgan fingerprint density at radius 1 is 1.08 bits per heavy atom. The highest BCUT2D eigenvalue weighted by Gasteiger charge is 2.34. The molecule has 1 heterocycles. The normalized spacial score (nSPS) is 14.8. The zero-order valence-corrected chi connectivity index (χ0v) is 13.9. The summed E-state index contributed by atoms with van der Waals surface area (Å²) in [5, 5.41) is 2.81. The predicted octanol–water partition coefficient (Wildman–Crippen LogP) is 2.76. The number of aromatic nitrogens is 2. The predicted molar refractivity (Wildman–Crippen MR) is 87.2 cm³/mol. The van der Waals surface area contributed by atoms with Crippen LogP contribution in [-0.4, -0.2) is 29.0 Å². The molecule has 1 fully saturated rings. The van der Waals surface area contributed by atoms with Gasteiger partial charge in [0.25, 0.3) is 10.1 Å². The van der Waals surface area contributed by atoms with E-state index in [9.17, 15) is 21.6 Å². The summed E-state index contributed by atoms with van der Waals surface area (Å²) in [5.74, 6) is -0.248. The van der Waals surface area contributed by atoms with Crippen LogP contribution in [0.1, 0.15) is 18.5 Å². The Labute approximate surface area is 146 Å². The molecule has 1 aliphatic rings. The first kappa shape index (κ1) is 18.2. The molecule has 12 heteroatoms. The maximum absolute atomic E-state index is 13.0. The van der Waals surface area contributed by atoms with E-state index in [1.54, 1.807) is 0 Å². The van der Waals surface area contributed by atoms with E-state index in [1.165, 1.54) is 12.1 Å². The molecule has 0 radical (unpaired) electrons. The van der Waals surface area contributed by atoms with Gasteiger partial charge >= 0.3 is 6.18 Å². The minimum atomic E-state index is -4.63. The second-order valence-corrected chi connectivity index (χ2v) is 7.05. The van der Waals surface area contributed by atoms with Gasteiger partial charge < -0.3 is 5.32 Å². The Hall–Kier alpha value is -2.60. The van der Waals surface area contributed by atoms with Crippen molar-refractivity contribution in [1.82, 2.24) is 9.97 Å². The second-order valence-electron chi connectivity index (χ2n) is 5.63. The van der Waals surface area contributed by atoms with Crippen LogP contribution in [0, 0.1) is 0 Å². The van der Waals surface area contributed by atoms with E-state index >= 15 is 0 Å². The van der Waals surface area contributed by atoms with Crippen molar-refractivity contribution in [3.05, 3.63) is 36.0 Å². The van der Waals surface area contributed by atoms with Gasteiger partial charge in [0, 0.05) is 12.1 Å². The van der Waals surface area contributed by atoms with Crippen molar-refractivity contribution in [3.63, 3.8) is 0 Å². The van der Waals surface area contributed by atoms with Gasteiger partial charge in [-0.1, -0.05) is 0 Å². The summed E-state index contributed by atoms with van der Waals surface area (Å²) in [6, 6.07) is 5.75. The van der Waals surface area contributed by atoms with Gasteiger partial charge in [0.15, 0.2) is 11.5 Å². The second kappa shape index (κ2) is 6.61. The van der Waals surface area contributed by atoms with Crippen molar-refractivity contribution in [2.75, 3.05) is 16.2 Å². The Morgan fingerprint density at radius 3 is 2.27 bits per heavy atom. The van der Waals surface area contributed by atoms with Crippen LogP contribution in [0.25, 0.3) is 0 Å². The first-order chi connectivity index (χ1) is 12.1. The highest BCUT2D eigenvalue weighted by Crippen LogP contribution is 2.31. The van der Waals surface area contributed by atoms with Crippen LogP contribution in [0.3, 0.4) is 0 Å². The third kappa shape index (κ3) is 4.73. The average molecular weight is 389 g/mol. The summed E-state index contributed by atoms with van der Waals surface area (Å²) >= 11 is 0. The summed E-state index contributed by atoms with van der Waals surface area (Å²) in [4.78, 5) is 7.13. The maximum Gasteiger partial charge on any atom is 0.433 e. The Kier molecular flexibility index (Phi) is 4.63. The molecule has 0 spiro atoms. The molecule has 0 aliphatic heterocycles. The Bertz CT molecular complexity index is 899. The van der Waals surface area contributed by atoms with Gasteiger partial charge in [-0.15, -0.1) is 0 Å². The Balaban J connectivity index is 1.75. The van der Waals surface area contributed by atoms with Crippen molar-refractivity contribution in [3.8, 4) is 0 Å². The van der Waals surface area contributed by atoms with Crippen molar-refractivity contribution in [2.24, 2.45) is 0 Å². The standard InChI is InChI=1S/C14H14F3N5O3S/c15-14(16,17)11-7-12(20-13(19-11)18-8-1-2-8)22-21-9-3-5-10(6-4-9)26(23,24)25/h3-8,21H,1-2H2,(H,23,24,25)(H2,18,19,20,22). The minimum Gasteiger partial charge on any atom is -0.351 e. The smallest absolute Gasteiger partial charge is 0.351 e. The van der Waals surface area contributed by atoms with Crippen LogP contribution < -0.4 is 16.2 Å². The number of alkyl halides is 3. The van der Waals surface area contributed by atoms with Crippen LogP contribution >= 0.6 is 0 Å². The summed E-state index contributed by atoms with van der Waals surface area (Å²) in [5.41, 5.74) is 4.37. The molecule has 1 saturated carbocycles. The summed E-state index contributed by atoms with van der Waals surface area (Å²) in [6.45, 7) is 0. The van der Waals surface area contributed by atoms with E-state index in [1.807, 2.05) is 0 Å². The number of nitrogens with zero attached hydrogens (tertiary/aromatic N) is 2. The van der Waals surface area contributed by atoms with Crippen molar-refractivity contribution in [2.45, 2.75) is 30.0 Å². The van der Waals surface area contributed by atoms with Gasteiger partial charge in [-0.2, -0.15) is 26.6 Å². The molecule has 1 aliphatic carbocycles. The van der Waals surface area contributed by atoms with E-state index in [4.69, 9.17) is 4.55 Å². The molecule has 0 amide bonds. The van der Waals surface area contributed by atoms with Gasteiger partial charge in [0.05, 0.1) is 10.6 Å². The molecule has 0 saturated heterocycles. The molecule has 3 rings (SSSR count). The lowest BCUT2D eigenvalue weighted by atomic mass is 10.3. The van der Waals surface area contributed by atoms with Gasteiger partial charge in [-0.3, -0.25) is 15.4 Å². The molecule has 4 N–H and O–H groups in total. The van der Waals surface area contributed by atoms with Gasteiger partial charge in [0.2, 0.25) is 5.95 Å². The third-order valence-electron chi connectivity index (χ3n) is 3.41. The topological polar surface area (TPSA) is 116 Å². The SMILES string of the molecule is O=S(=O)(O)c1ccc(NNc2cc(C(F)(F)F)nc(NC3CC3)n2)cc1. The fraction of sp³-hybridized carbons (Fsp3) is 0.286. The van der Waals surface area contributed by atoms with Crippen LogP contribution in [0.4, 0.5) is 30.6 Å². The van der Waals surface area contributed by atoms with E-state index in [0.717, 1.165) is 31.0 Å². The highest BCUT2D eigenvalue weighted by atomic mass is 32.2. The van der Waals surface area contributed by atoms with Gasteiger partial charge in [0.1, 0.15) is 0 Å². The first-order valence-corrected chi connectivity index (χ1v) is 8.88. The maximum atomic E-state index is 13.0. The molecule has 0 unspecified atom stereocenters. The molecule has 1 aromatic carbocycles. The number of hydrogen-bond donors (Lipinski definition) is 4. The third-order valence-corrected chi connectivity index (χ3v) is 4.28. The van der Waals surface area contributed by atoms with E-state index in [2.05, 4.69) is 26.1 Å². The number of halogens is 3. The van der Waals surface area contributed by atoms with Crippen molar-refractivity contribution in [1.29, 1.82) is 0 Å². The van der Waals surface area contributed by atoms with Gasteiger partial charge in [-0.05, 0) is 37.1 Å². The molecule has 0 bridgehead atoms. The van der Waals surface area contributed by atoms with Crippen molar-refractivity contribution < 1.29 is 26.1 Å². The molecular weight excluding hydrogens is 375 g/mol. The summed E-state index contributed by atoms with van der Waals surface area (Å²) < 4.78 is 69.8. The lowest BCUT2D eigenvalue weighted by molar-refractivity contribution is -0.141. The van der Waals surface area contributed by atoms with Gasteiger partial charge in [-0.25, -0.2) is 4.98 Å². The van der Waals surface area contributed by atoms with Crippen molar-refractivity contribution >= 4 is 27.6 Å². The van der Waals surface area contributed by atoms with Crippen LogP contribution in [0.15, 0.2) is 35.2 Å². The fourth-order valence-electron chi connectivity index (χ4n) is 1.98. The molecule has 0 atom stereocenters. The molecule has 2 aromatic rings. The molecule has 140 valence electrons. The zero-order valence-electron chi connectivity index (χ0n) is 13.1. The number of nitrogens with one attached hydrogen (secondary N) is 3. The van der Waals surface area contributed by atoms with E-state index in [-0.39, 0.29) is 22.7 Å². The molecule has 8 nitrogen and oxygen atoms in total. The van der Waals surface area contributed by atoms with E-state index < -0.39 is 22.0 Å². The first-order valence-electron chi connectivity index (χ1n) is 7.44. The molecular formula is C14H14F3N5O3S. The average Bonchev–Trinajstić information content (AvgIpc) is 3.35. The number of hydrogen-bond acceptors (Lipinski definition) is 7.